The molecule has 0 aromatic heterocycles. The Balaban J connectivity index is 1.06. The van der Waals surface area contributed by atoms with Crippen molar-refractivity contribution in [2.45, 2.75) is 11.8 Å². The standard InChI is InChI=1S/C56H35B3N2/c1-3-16-34(17-4-1)60-46-28-13-11-26-42(46)57-40-24-9-7-20-36(40)50-38-22-15-23-39-51-37-21-8-10-25-41(37)58-43-27-12-14-29-47(43)61(35-18-5-2-6-19-35)49-33-31-45(53(51)56(49)58)59(54(38)39)44-30-32-48(60)55(57)52(44)50/h1-33,50-51H. The zero-order valence-corrected chi connectivity index (χ0v) is 33.3. The summed E-state index contributed by atoms with van der Waals surface area (Å²) in [7, 11) is 0. The van der Waals surface area contributed by atoms with Crippen LogP contribution in [-0.4, -0.2) is 20.1 Å². The molecule has 0 radical (unpaired) electrons. The molecule has 6 aliphatic rings. The van der Waals surface area contributed by atoms with Gasteiger partial charge in [-0.3, -0.25) is 0 Å². The lowest BCUT2D eigenvalue weighted by Crippen LogP contribution is -2.71. The molecule has 61 heavy (non-hydrogen) atoms. The third-order valence-electron chi connectivity index (χ3n) is 15.2. The SMILES string of the molecule is c1ccc(N2c3ccccc3B3c4ccccc4C4c5cccc6c5B(c5ccc2c3c54)c2ccc3c4c2C6c2ccccc2B4c2ccccc2N3c2ccccc2)cc1. The fourth-order valence-electron chi connectivity index (χ4n) is 13.2. The lowest BCUT2D eigenvalue weighted by Gasteiger charge is -2.50. The first kappa shape index (κ1) is 32.6. The molecule has 278 valence electrons. The molecule has 0 saturated carbocycles. The van der Waals surface area contributed by atoms with Crippen LogP contribution in [0.5, 0.6) is 0 Å². The molecule has 0 aliphatic carbocycles. The Bertz CT molecular complexity index is 3160. The van der Waals surface area contributed by atoms with Gasteiger partial charge in [-0.2, -0.15) is 0 Å². The minimum atomic E-state index is 0.112. The van der Waals surface area contributed by atoms with Gasteiger partial charge in [0.25, 0.3) is 0 Å². The first-order valence-corrected chi connectivity index (χ1v) is 21.9. The maximum Gasteiger partial charge on any atom is 0.247 e. The van der Waals surface area contributed by atoms with Gasteiger partial charge in [0.2, 0.25) is 20.1 Å². The van der Waals surface area contributed by atoms with Crippen molar-refractivity contribution in [2.75, 3.05) is 9.80 Å². The molecular weight excluding hydrogens is 733 g/mol. The van der Waals surface area contributed by atoms with Crippen LogP contribution in [0.1, 0.15) is 45.2 Å². The summed E-state index contributed by atoms with van der Waals surface area (Å²) in [6.45, 7) is 0.397. The topological polar surface area (TPSA) is 6.48 Å². The molecule has 2 unspecified atom stereocenters. The van der Waals surface area contributed by atoms with Gasteiger partial charge in [-0.15, -0.1) is 0 Å². The third kappa shape index (κ3) is 3.99. The van der Waals surface area contributed by atoms with Crippen molar-refractivity contribution in [1.82, 2.24) is 0 Å². The molecule has 0 N–H and O–H groups in total. The van der Waals surface area contributed by atoms with Gasteiger partial charge in [-0.25, -0.2) is 0 Å². The van der Waals surface area contributed by atoms with Crippen LogP contribution in [0.4, 0.5) is 34.1 Å². The summed E-state index contributed by atoms with van der Waals surface area (Å²) in [6, 6.07) is 76.5. The van der Waals surface area contributed by atoms with E-state index in [4.69, 9.17) is 0 Å². The van der Waals surface area contributed by atoms with E-state index in [1.165, 1.54) is 117 Å². The Labute approximate surface area is 357 Å². The lowest BCUT2D eigenvalue weighted by atomic mass is 9.22. The van der Waals surface area contributed by atoms with Gasteiger partial charge in [0, 0.05) is 46.0 Å². The fourth-order valence-corrected chi connectivity index (χ4v) is 13.2. The number of benzene rings is 9. The number of para-hydroxylation sites is 4. The number of nitrogens with zero attached hydrogens (tertiary/aromatic N) is 2. The number of anilines is 6. The highest BCUT2D eigenvalue weighted by Crippen LogP contribution is 2.47. The molecule has 0 amide bonds. The maximum atomic E-state index is 2.54. The Morgan fingerprint density at radius 1 is 0.262 bits per heavy atom. The summed E-state index contributed by atoms with van der Waals surface area (Å²) in [5.74, 6) is 0.274. The second-order valence-electron chi connectivity index (χ2n) is 17.7. The summed E-state index contributed by atoms with van der Waals surface area (Å²) < 4.78 is 0. The zero-order valence-electron chi connectivity index (χ0n) is 33.3. The highest BCUT2D eigenvalue weighted by Gasteiger charge is 2.54. The summed E-state index contributed by atoms with van der Waals surface area (Å²) in [6.07, 6.45) is 0. The van der Waals surface area contributed by atoms with E-state index in [0.717, 1.165) is 0 Å². The monoisotopic (exact) mass is 768 g/mol. The van der Waals surface area contributed by atoms with Crippen LogP contribution in [-0.2, 0) is 0 Å². The molecule has 9 aromatic carbocycles. The molecule has 6 aliphatic heterocycles. The molecule has 0 saturated heterocycles. The number of fused-ring (bicyclic) bond motifs is 14. The molecule has 15 rings (SSSR count). The van der Waals surface area contributed by atoms with E-state index in [1.807, 2.05) is 0 Å². The number of hydrogen-bond donors (Lipinski definition) is 0. The number of rotatable bonds is 2. The molecular formula is C56H35B3N2. The average Bonchev–Trinajstić information content (AvgIpc) is 3.33. The molecule has 0 fully saturated rings. The van der Waals surface area contributed by atoms with Crippen LogP contribution in [0.2, 0.25) is 0 Å². The molecule has 6 heterocycles. The second-order valence-corrected chi connectivity index (χ2v) is 17.7. The Kier molecular flexibility index (Phi) is 6.28. The smallest absolute Gasteiger partial charge is 0.247 e. The molecule has 0 spiro atoms. The Hall–Kier alpha value is -7.23. The van der Waals surface area contributed by atoms with Crippen LogP contribution in [0, 0.1) is 0 Å². The van der Waals surface area contributed by atoms with E-state index < -0.39 is 0 Å². The zero-order chi connectivity index (χ0) is 39.5. The molecule has 0 bridgehead atoms. The van der Waals surface area contributed by atoms with Crippen molar-refractivity contribution in [2.24, 2.45) is 0 Å². The van der Waals surface area contributed by atoms with Crippen molar-refractivity contribution < 1.29 is 0 Å². The van der Waals surface area contributed by atoms with E-state index in [9.17, 15) is 0 Å². The highest BCUT2D eigenvalue weighted by molar-refractivity contribution is 7.03. The van der Waals surface area contributed by atoms with Gasteiger partial charge in [0.1, 0.15) is 0 Å². The van der Waals surface area contributed by atoms with Crippen LogP contribution < -0.4 is 59.0 Å². The molecule has 9 aromatic rings. The fraction of sp³-hybridized carbons (Fsp3) is 0.0357. The average molecular weight is 768 g/mol. The first-order valence-electron chi connectivity index (χ1n) is 21.9. The minimum absolute atomic E-state index is 0.112. The molecule has 2 atom stereocenters. The highest BCUT2D eigenvalue weighted by atomic mass is 15.2. The molecule has 5 heteroatoms. The van der Waals surface area contributed by atoms with Crippen molar-refractivity contribution >= 4 is 103 Å². The van der Waals surface area contributed by atoms with Crippen molar-refractivity contribution in [3.05, 3.63) is 234 Å². The summed E-state index contributed by atoms with van der Waals surface area (Å²) in [5, 5.41) is 0. The number of hydrogen-bond acceptors (Lipinski definition) is 2. The summed E-state index contributed by atoms with van der Waals surface area (Å²) in [5.41, 5.74) is 29.4. The third-order valence-corrected chi connectivity index (χ3v) is 15.2. The molecule has 2 nitrogen and oxygen atoms in total. The largest absolute Gasteiger partial charge is 0.312 e. The van der Waals surface area contributed by atoms with Gasteiger partial charge in [0.15, 0.2) is 0 Å². The van der Waals surface area contributed by atoms with Gasteiger partial charge < -0.3 is 9.80 Å². The Morgan fingerprint density at radius 3 is 1.11 bits per heavy atom. The van der Waals surface area contributed by atoms with Crippen LogP contribution >= 0.6 is 0 Å². The van der Waals surface area contributed by atoms with E-state index in [0.29, 0.717) is 0 Å². The van der Waals surface area contributed by atoms with Gasteiger partial charge in [-0.05, 0) is 104 Å². The quantitative estimate of drug-likeness (QED) is 0.188. The van der Waals surface area contributed by atoms with Gasteiger partial charge in [-0.1, -0.05) is 179 Å². The predicted molar refractivity (Wildman–Crippen MR) is 257 cm³/mol. The van der Waals surface area contributed by atoms with Crippen molar-refractivity contribution in [3.63, 3.8) is 0 Å². The first-order chi connectivity index (χ1) is 30.3. The normalized spacial score (nSPS) is 17.0. The summed E-state index contributed by atoms with van der Waals surface area (Å²) >= 11 is 0. The summed E-state index contributed by atoms with van der Waals surface area (Å²) in [4.78, 5) is 5.07. The van der Waals surface area contributed by atoms with E-state index >= 15 is 0 Å². The van der Waals surface area contributed by atoms with E-state index in [1.54, 1.807) is 0 Å². The van der Waals surface area contributed by atoms with Crippen molar-refractivity contribution in [3.8, 4) is 0 Å². The van der Waals surface area contributed by atoms with Crippen LogP contribution in [0.25, 0.3) is 0 Å². The van der Waals surface area contributed by atoms with Crippen LogP contribution in [0.3, 0.4) is 0 Å². The minimum Gasteiger partial charge on any atom is -0.312 e. The van der Waals surface area contributed by atoms with Gasteiger partial charge >= 0.3 is 0 Å². The van der Waals surface area contributed by atoms with Crippen LogP contribution in [0.15, 0.2) is 200 Å². The van der Waals surface area contributed by atoms with Crippen molar-refractivity contribution in [1.29, 1.82) is 0 Å². The van der Waals surface area contributed by atoms with E-state index in [2.05, 4.69) is 210 Å². The second kappa shape index (κ2) is 11.7. The predicted octanol–water partition coefficient (Wildman–Crippen LogP) is 6.42. The van der Waals surface area contributed by atoms with E-state index in [-0.39, 0.29) is 32.0 Å². The maximum absolute atomic E-state index is 2.54. The lowest BCUT2D eigenvalue weighted by molar-refractivity contribution is 0.952. The Morgan fingerprint density at radius 2 is 0.639 bits per heavy atom. The van der Waals surface area contributed by atoms with Gasteiger partial charge in [0.05, 0.1) is 0 Å².